The number of pyridine rings is 1. The Morgan fingerprint density at radius 1 is 1.33 bits per heavy atom. The van der Waals surface area contributed by atoms with Gasteiger partial charge < -0.3 is 10.6 Å². The van der Waals surface area contributed by atoms with E-state index in [2.05, 4.69) is 10.6 Å². The van der Waals surface area contributed by atoms with Gasteiger partial charge in [-0.25, -0.2) is 4.39 Å². The zero-order valence-electron chi connectivity index (χ0n) is 13.6. The van der Waals surface area contributed by atoms with Gasteiger partial charge in [0.05, 0.1) is 11.3 Å². The third-order valence-electron chi connectivity index (χ3n) is 4.23. The summed E-state index contributed by atoms with van der Waals surface area (Å²) in [6.07, 6.45) is 1.87. The molecular formula is C17H18FN3O2S. The molecule has 0 aliphatic carbocycles. The van der Waals surface area contributed by atoms with Gasteiger partial charge in [-0.15, -0.1) is 11.8 Å². The summed E-state index contributed by atoms with van der Waals surface area (Å²) in [6, 6.07) is 6.29. The average molecular weight is 347 g/mol. The number of anilines is 2. The maximum absolute atomic E-state index is 14.3. The Kier molecular flexibility index (Phi) is 4.36. The summed E-state index contributed by atoms with van der Waals surface area (Å²) in [5, 5.41) is 5.73. The van der Waals surface area contributed by atoms with Crippen LogP contribution in [-0.2, 0) is 7.05 Å². The van der Waals surface area contributed by atoms with Gasteiger partial charge in [0.15, 0.2) is 0 Å². The lowest BCUT2D eigenvalue weighted by atomic mass is 9.92. The highest BCUT2D eigenvalue weighted by atomic mass is 32.2. The van der Waals surface area contributed by atoms with E-state index in [4.69, 9.17) is 0 Å². The van der Waals surface area contributed by atoms with E-state index in [0.29, 0.717) is 23.5 Å². The van der Waals surface area contributed by atoms with Crippen molar-refractivity contribution < 1.29 is 9.18 Å². The van der Waals surface area contributed by atoms with Crippen LogP contribution in [0.15, 0.2) is 34.0 Å². The molecule has 0 saturated heterocycles. The average Bonchev–Trinajstić information content (AvgIpc) is 2.56. The number of nitrogens with one attached hydrogen (secondary N) is 2. The van der Waals surface area contributed by atoms with E-state index in [1.54, 1.807) is 19.2 Å². The summed E-state index contributed by atoms with van der Waals surface area (Å²) in [5.41, 5.74) is 1.07. The second kappa shape index (κ2) is 6.32. The second-order valence-corrected chi connectivity index (χ2v) is 6.68. The molecule has 1 aliphatic rings. The summed E-state index contributed by atoms with van der Waals surface area (Å²) < 4.78 is 15.6. The fourth-order valence-corrected chi connectivity index (χ4v) is 3.21. The number of rotatable bonds is 3. The number of benzene rings is 1. The van der Waals surface area contributed by atoms with Gasteiger partial charge in [-0.05, 0) is 35.9 Å². The molecule has 0 fully saturated rings. The standard InChI is InChI=1S/C17H18FN3O2S/c1-9-8-19-17(23)15-11(9)7-14(22)21(2)16(15)20-13-5-4-10(24-3)6-12(13)18/h4-7,9,20H,8H2,1-3H3,(H,19,23). The van der Waals surface area contributed by atoms with Crippen molar-refractivity contribution in [3.63, 3.8) is 0 Å². The van der Waals surface area contributed by atoms with Crippen molar-refractivity contribution in [1.82, 2.24) is 9.88 Å². The molecule has 2 aromatic rings. The number of amides is 1. The maximum Gasteiger partial charge on any atom is 0.255 e. The number of carbonyl (C=O) groups is 1. The molecule has 2 heterocycles. The summed E-state index contributed by atoms with van der Waals surface area (Å²) in [7, 11) is 1.56. The van der Waals surface area contributed by atoms with E-state index < -0.39 is 5.82 Å². The van der Waals surface area contributed by atoms with Gasteiger partial charge in [-0.1, -0.05) is 6.92 Å². The first-order chi connectivity index (χ1) is 11.4. The number of hydrogen-bond acceptors (Lipinski definition) is 4. The van der Waals surface area contributed by atoms with Crippen LogP contribution in [0.4, 0.5) is 15.9 Å². The lowest BCUT2D eigenvalue weighted by molar-refractivity contribution is 0.0941. The van der Waals surface area contributed by atoms with Crippen LogP contribution in [-0.4, -0.2) is 23.3 Å². The van der Waals surface area contributed by atoms with Gasteiger partial charge in [0.2, 0.25) is 0 Å². The lowest BCUT2D eigenvalue weighted by Gasteiger charge is -2.26. The van der Waals surface area contributed by atoms with Crippen LogP contribution in [0, 0.1) is 5.82 Å². The Labute approximate surface area is 143 Å². The fraction of sp³-hybridized carbons (Fsp3) is 0.294. The van der Waals surface area contributed by atoms with Crippen LogP contribution < -0.4 is 16.2 Å². The predicted molar refractivity (Wildman–Crippen MR) is 93.9 cm³/mol. The Morgan fingerprint density at radius 3 is 2.75 bits per heavy atom. The predicted octanol–water partition coefficient (Wildman–Crippen LogP) is 2.84. The number of hydrogen-bond donors (Lipinski definition) is 2. The quantitative estimate of drug-likeness (QED) is 0.838. The van der Waals surface area contributed by atoms with Crippen molar-refractivity contribution in [2.24, 2.45) is 7.05 Å². The first kappa shape index (κ1) is 16.6. The Morgan fingerprint density at radius 2 is 2.08 bits per heavy atom. The van der Waals surface area contributed by atoms with Gasteiger partial charge in [0.1, 0.15) is 11.6 Å². The van der Waals surface area contributed by atoms with E-state index >= 15 is 0 Å². The first-order valence-corrected chi connectivity index (χ1v) is 8.77. The van der Waals surface area contributed by atoms with Crippen LogP contribution in [0.1, 0.15) is 28.8 Å². The first-order valence-electron chi connectivity index (χ1n) is 7.55. The number of thioether (sulfide) groups is 1. The highest BCUT2D eigenvalue weighted by molar-refractivity contribution is 7.98. The molecule has 7 heteroatoms. The fourth-order valence-electron chi connectivity index (χ4n) is 2.79. The van der Waals surface area contributed by atoms with Crippen LogP contribution in [0.2, 0.25) is 0 Å². The van der Waals surface area contributed by atoms with Gasteiger partial charge in [0.25, 0.3) is 11.5 Å². The molecule has 1 unspecified atom stereocenters. The van der Waals surface area contributed by atoms with Crippen molar-refractivity contribution in [3.05, 3.63) is 51.6 Å². The zero-order chi connectivity index (χ0) is 17.4. The monoisotopic (exact) mass is 347 g/mol. The number of halogens is 1. The molecule has 0 saturated carbocycles. The number of aromatic nitrogens is 1. The minimum absolute atomic E-state index is 0.0239. The summed E-state index contributed by atoms with van der Waals surface area (Å²) >= 11 is 1.44. The molecule has 1 aromatic carbocycles. The van der Waals surface area contributed by atoms with E-state index in [1.807, 2.05) is 13.2 Å². The van der Waals surface area contributed by atoms with E-state index in [0.717, 1.165) is 4.90 Å². The molecule has 1 amide bonds. The molecule has 1 atom stereocenters. The SMILES string of the molecule is CSc1ccc(Nc2c3c(cc(=O)n2C)C(C)CNC3=O)c(F)c1. The van der Waals surface area contributed by atoms with Crippen LogP contribution in [0.25, 0.3) is 0 Å². The molecule has 0 bridgehead atoms. The second-order valence-electron chi connectivity index (χ2n) is 5.80. The molecule has 1 aromatic heterocycles. The molecule has 24 heavy (non-hydrogen) atoms. The molecule has 0 spiro atoms. The minimum Gasteiger partial charge on any atom is -0.351 e. The van der Waals surface area contributed by atoms with Crippen molar-refractivity contribution in [2.45, 2.75) is 17.7 Å². The number of nitrogens with zero attached hydrogens (tertiary/aromatic N) is 1. The van der Waals surface area contributed by atoms with Gasteiger partial charge in [0, 0.05) is 24.6 Å². The van der Waals surface area contributed by atoms with Crippen LogP contribution in [0.5, 0.6) is 0 Å². The molecule has 1 aliphatic heterocycles. The largest absolute Gasteiger partial charge is 0.351 e. The highest BCUT2D eigenvalue weighted by Crippen LogP contribution is 2.31. The molecule has 5 nitrogen and oxygen atoms in total. The van der Waals surface area contributed by atoms with Crippen LogP contribution >= 0.6 is 11.8 Å². The smallest absolute Gasteiger partial charge is 0.255 e. The van der Waals surface area contributed by atoms with Gasteiger partial charge in [-0.3, -0.25) is 14.2 Å². The van der Waals surface area contributed by atoms with Crippen molar-refractivity contribution in [3.8, 4) is 0 Å². The normalized spacial score (nSPS) is 16.5. The van der Waals surface area contributed by atoms with Gasteiger partial charge in [-0.2, -0.15) is 0 Å². The Bertz CT molecular complexity index is 879. The Hall–Kier alpha value is -2.28. The highest BCUT2D eigenvalue weighted by Gasteiger charge is 2.28. The Balaban J connectivity index is 2.14. The topological polar surface area (TPSA) is 63.1 Å². The summed E-state index contributed by atoms with van der Waals surface area (Å²) in [6.45, 7) is 2.42. The molecule has 2 N–H and O–H groups in total. The van der Waals surface area contributed by atoms with E-state index in [-0.39, 0.29) is 23.1 Å². The third-order valence-corrected chi connectivity index (χ3v) is 4.95. The van der Waals surface area contributed by atoms with Crippen LogP contribution in [0.3, 0.4) is 0 Å². The zero-order valence-corrected chi connectivity index (χ0v) is 14.5. The molecule has 3 rings (SSSR count). The molecule has 0 radical (unpaired) electrons. The number of fused-ring (bicyclic) bond motifs is 1. The summed E-state index contributed by atoms with van der Waals surface area (Å²) in [4.78, 5) is 25.4. The van der Waals surface area contributed by atoms with Crippen molar-refractivity contribution >= 4 is 29.2 Å². The summed E-state index contributed by atoms with van der Waals surface area (Å²) in [5.74, 6) is -0.369. The lowest BCUT2D eigenvalue weighted by Crippen LogP contribution is -2.37. The minimum atomic E-state index is -0.434. The molecule has 126 valence electrons. The van der Waals surface area contributed by atoms with E-state index in [1.165, 1.54) is 28.5 Å². The van der Waals surface area contributed by atoms with Crippen molar-refractivity contribution in [1.29, 1.82) is 0 Å². The maximum atomic E-state index is 14.3. The molecular weight excluding hydrogens is 329 g/mol. The van der Waals surface area contributed by atoms with Gasteiger partial charge >= 0.3 is 0 Å². The van der Waals surface area contributed by atoms with E-state index in [9.17, 15) is 14.0 Å². The number of carbonyl (C=O) groups excluding carboxylic acids is 1. The van der Waals surface area contributed by atoms with Crippen molar-refractivity contribution in [2.75, 3.05) is 18.1 Å². The third kappa shape index (κ3) is 2.80.